The molecule has 0 aliphatic rings. The Morgan fingerprint density at radius 2 is 2.16 bits per heavy atom. The molecule has 0 radical (unpaired) electrons. The molecule has 0 atom stereocenters. The molecule has 0 saturated heterocycles. The summed E-state index contributed by atoms with van der Waals surface area (Å²) in [5.74, 6) is -0.467. The molecule has 0 fully saturated rings. The Bertz CT molecular complexity index is 614. The molecule has 0 aliphatic heterocycles. The average Bonchev–Trinajstić information content (AvgIpc) is 2.38. The predicted octanol–water partition coefficient (Wildman–Crippen LogP) is 3.74. The van der Waals surface area contributed by atoms with Crippen LogP contribution in [-0.4, -0.2) is 16.1 Å². The zero-order valence-electron chi connectivity index (χ0n) is 10.4. The second-order valence-corrected chi connectivity index (χ2v) is 4.46. The highest BCUT2D eigenvalue weighted by molar-refractivity contribution is 6.30. The lowest BCUT2D eigenvalue weighted by atomic mass is 10.2. The maximum Gasteiger partial charge on any atom is 0.335 e. The SMILES string of the molecule is CCc1cc(C(=O)O)cc(Nc2cccc(Cl)c2)n1. The van der Waals surface area contributed by atoms with Crippen LogP contribution in [0.15, 0.2) is 36.4 Å². The Morgan fingerprint density at radius 3 is 2.79 bits per heavy atom. The van der Waals surface area contributed by atoms with Crippen molar-refractivity contribution >= 4 is 29.1 Å². The van der Waals surface area contributed by atoms with Gasteiger partial charge in [-0.3, -0.25) is 0 Å². The van der Waals surface area contributed by atoms with E-state index in [1.54, 1.807) is 18.2 Å². The Labute approximate surface area is 116 Å². The summed E-state index contributed by atoms with van der Waals surface area (Å²) in [6.45, 7) is 1.93. The number of pyridine rings is 1. The van der Waals surface area contributed by atoms with Crippen molar-refractivity contribution in [1.82, 2.24) is 4.98 Å². The molecule has 2 rings (SSSR count). The molecule has 0 bridgehead atoms. The third-order valence-corrected chi connectivity index (χ3v) is 2.82. The first-order valence-electron chi connectivity index (χ1n) is 5.85. The molecule has 19 heavy (non-hydrogen) atoms. The second-order valence-electron chi connectivity index (χ2n) is 4.03. The minimum absolute atomic E-state index is 0.219. The molecule has 0 amide bonds. The molecule has 2 N–H and O–H groups in total. The number of halogens is 1. The number of nitrogens with one attached hydrogen (secondary N) is 1. The second kappa shape index (κ2) is 5.71. The highest BCUT2D eigenvalue weighted by Crippen LogP contribution is 2.20. The van der Waals surface area contributed by atoms with Gasteiger partial charge in [0.2, 0.25) is 0 Å². The minimum atomic E-state index is -0.966. The molecule has 98 valence electrons. The summed E-state index contributed by atoms with van der Waals surface area (Å²) in [5.41, 5.74) is 1.71. The molecule has 1 aromatic carbocycles. The number of aromatic carboxylic acids is 1. The standard InChI is InChI=1S/C14H13ClN2O2/c1-2-11-6-9(14(18)19)7-13(16-11)17-12-5-3-4-10(15)8-12/h3-8H,2H2,1H3,(H,16,17)(H,18,19). The van der Waals surface area contributed by atoms with Crippen LogP contribution in [0.25, 0.3) is 0 Å². The van der Waals surface area contributed by atoms with Crippen molar-refractivity contribution in [3.8, 4) is 0 Å². The molecule has 0 saturated carbocycles. The van der Waals surface area contributed by atoms with Crippen LogP contribution < -0.4 is 5.32 Å². The van der Waals surface area contributed by atoms with Crippen molar-refractivity contribution in [3.05, 3.63) is 52.7 Å². The van der Waals surface area contributed by atoms with Gasteiger partial charge in [0.25, 0.3) is 0 Å². The minimum Gasteiger partial charge on any atom is -0.478 e. The fraction of sp³-hybridized carbons (Fsp3) is 0.143. The summed E-state index contributed by atoms with van der Waals surface area (Å²) in [7, 11) is 0. The van der Waals surface area contributed by atoms with Crippen molar-refractivity contribution in [1.29, 1.82) is 0 Å². The fourth-order valence-corrected chi connectivity index (χ4v) is 1.86. The summed E-state index contributed by atoms with van der Waals surface area (Å²) >= 11 is 5.90. The first kappa shape index (κ1) is 13.4. The number of anilines is 2. The van der Waals surface area contributed by atoms with Gasteiger partial charge in [-0.1, -0.05) is 24.6 Å². The number of carboxylic acid groups (broad SMARTS) is 1. The Kier molecular flexibility index (Phi) is 4.02. The number of rotatable bonds is 4. The molecule has 4 nitrogen and oxygen atoms in total. The molecule has 0 aliphatic carbocycles. The fourth-order valence-electron chi connectivity index (χ4n) is 1.67. The van der Waals surface area contributed by atoms with Crippen LogP contribution in [0.4, 0.5) is 11.5 Å². The molecular formula is C14H13ClN2O2. The number of nitrogens with zero attached hydrogens (tertiary/aromatic N) is 1. The first-order chi connectivity index (χ1) is 9.08. The monoisotopic (exact) mass is 276 g/mol. The van der Waals surface area contributed by atoms with Gasteiger partial charge < -0.3 is 10.4 Å². The highest BCUT2D eigenvalue weighted by Gasteiger charge is 2.08. The van der Waals surface area contributed by atoms with Crippen molar-refractivity contribution in [2.45, 2.75) is 13.3 Å². The lowest BCUT2D eigenvalue weighted by molar-refractivity contribution is 0.0696. The van der Waals surface area contributed by atoms with Gasteiger partial charge >= 0.3 is 5.97 Å². The molecule has 0 unspecified atom stereocenters. The van der Waals surface area contributed by atoms with E-state index in [2.05, 4.69) is 10.3 Å². The lowest BCUT2D eigenvalue weighted by Gasteiger charge is -2.08. The summed E-state index contributed by atoms with van der Waals surface area (Å²) in [6, 6.07) is 10.3. The van der Waals surface area contributed by atoms with E-state index in [9.17, 15) is 4.79 Å². The van der Waals surface area contributed by atoms with Crippen molar-refractivity contribution < 1.29 is 9.90 Å². The maximum atomic E-state index is 11.1. The predicted molar refractivity (Wildman–Crippen MR) is 75.3 cm³/mol. The number of carboxylic acids is 1. The molecule has 5 heteroatoms. The Morgan fingerprint density at radius 1 is 1.37 bits per heavy atom. The van der Waals surface area contributed by atoms with E-state index in [0.717, 1.165) is 11.4 Å². The number of aromatic nitrogens is 1. The maximum absolute atomic E-state index is 11.1. The smallest absolute Gasteiger partial charge is 0.335 e. The Hall–Kier alpha value is -2.07. The van der Waals surface area contributed by atoms with Crippen LogP contribution in [0.5, 0.6) is 0 Å². The van der Waals surface area contributed by atoms with Gasteiger partial charge in [0.05, 0.1) is 5.56 Å². The molecular weight excluding hydrogens is 264 g/mol. The van der Waals surface area contributed by atoms with E-state index < -0.39 is 5.97 Å². The number of hydrogen-bond donors (Lipinski definition) is 2. The number of benzene rings is 1. The number of aryl methyl sites for hydroxylation is 1. The van der Waals surface area contributed by atoms with Crippen molar-refractivity contribution in [2.24, 2.45) is 0 Å². The van der Waals surface area contributed by atoms with Gasteiger partial charge in [0.15, 0.2) is 0 Å². The largest absolute Gasteiger partial charge is 0.478 e. The lowest BCUT2D eigenvalue weighted by Crippen LogP contribution is -2.03. The quantitative estimate of drug-likeness (QED) is 0.893. The topological polar surface area (TPSA) is 62.2 Å². The van der Waals surface area contributed by atoms with Crippen molar-refractivity contribution in [2.75, 3.05) is 5.32 Å². The van der Waals surface area contributed by atoms with Gasteiger partial charge in [-0.2, -0.15) is 0 Å². The highest BCUT2D eigenvalue weighted by atomic mass is 35.5. The van der Waals surface area contributed by atoms with Gasteiger partial charge in [0.1, 0.15) is 5.82 Å². The Balaban J connectivity index is 2.34. The van der Waals surface area contributed by atoms with E-state index in [0.29, 0.717) is 17.3 Å². The van der Waals surface area contributed by atoms with Gasteiger partial charge in [-0.15, -0.1) is 0 Å². The molecule has 2 aromatic rings. The average molecular weight is 277 g/mol. The third-order valence-electron chi connectivity index (χ3n) is 2.58. The molecule has 0 spiro atoms. The molecule has 1 heterocycles. The number of hydrogen-bond acceptors (Lipinski definition) is 3. The van der Waals surface area contributed by atoms with E-state index in [1.807, 2.05) is 19.1 Å². The van der Waals surface area contributed by atoms with Crippen LogP contribution in [-0.2, 0) is 6.42 Å². The summed E-state index contributed by atoms with van der Waals surface area (Å²) in [4.78, 5) is 15.4. The van der Waals surface area contributed by atoms with Crippen molar-refractivity contribution in [3.63, 3.8) is 0 Å². The summed E-state index contributed by atoms with van der Waals surface area (Å²) < 4.78 is 0. The van der Waals surface area contributed by atoms with Crippen LogP contribution in [0.2, 0.25) is 5.02 Å². The first-order valence-corrected chi connectivity index (χ1v) is 6.23. The van der Waals surface area contributed by atoms with Crippen LogP contribution in [0, 0.1) is 0 Å². The normalized spacial score (nSPS) is 10.2. The van der Waals surface area contributed by atoms with Gasteiger partial charge in [-0.25, -0.2) is 9.78 Å². The van der Waals surface area contributed by atoms with Gasteiger partial charge in [-0.05, 0) is 36.8 Å². The van der Waals surface area contributed by atoms with Crippen LogP contribution in [0.3, 0.4) is 0 Å². The molecule has 1 aromatic heterocycles. The van der Waals surface area contributed by atoms with E-state index >= 15 is 0 Å². The third kappa shape index (κ3) is 3.45. The summed E-state index contributed by atoms with van der Waals surface area (Å²) in [6.07, 6.45) is 0.672. The van der Waals surface area contributed by atoms with Gasteiger partial charge in [0, 0.05) is 16.4 Å². The van der Waals surface area contributed by atoms with E-state index in [4.69, 9.17) is 16.7 Å². The zero-order chi connectivity index (χ0) is 13.8. The van der Waals surface area contributed by atoms with Crippen LogP contribution in [0.1, 0.15) is 23.0 Å². The summed E-state index contributed by atoms with van der Waals surface area (Å²) in [5, 5.41) is 12.7. The van der Waals surface area contributed by atoms with Crippen LogP contribution >= 0.6 is 11.6 Å². The zero-order valence-corrected chi connectivity index (χ0v) is 11.1. The van der Waals surface area contributed by atoms with E-state index in [1.165, 1.54) is 6.07 Å². The van der Waals surface area contributed by atoms with E-state index in [-0.39, 0.29) is 5.56 Å². The number of carbonyl (C=O) groups is 1.